The van der Waals surface area contributed by atoms with Crippen LogP contribution in [-0.2, 0) is 19.1 Å². The summed E-state index contributed by atoms with van der Waals surface area (Å²) in [5.41, 5.74) is 0. The third kappa shape index (κ3) is 1.55. The molecule has 1 aliphatic heterocycles. The molecular weight excluding hydrogens is 162 g/mol. The summed E-state index contributed by atoms with van der Waals surface area (Å²) in [4.78, 5) is 22.1. The number of hydrogen-bond donors (Lipinski definition) is 1. The highest BCUT2D eigenvalue weighted by Crippen LogP contribution is 2.18. The van der Waals surface area contributed by atoms with E-state index < -0.39 is 23.8 Å². The van der Waals surface area contributed by atoms with Crippen LogP contribution in [0.1, 0.15) is 13.8 Å². The van der Waals surface area contributed by atoms with E-state index in [1.165, 1.54) is 20.9 Å². The largest absolute Gasteiger partial charge is 0.421 e. The molecule has 0 radical (unpaired) electrons. The van der Waals surface area contributed by atoms with E-state index in [0.717, 1.165) is 0 Å². The third-order valence-electron chi connectivity index (χ3n) is 1.45. The van der Waals surface area contributed by atoms with Gasteiger partial charge in [0, 0.05) is 13.8 Å². The van der Waals surface area contributed by atoms with Crippen LogP contribution in [0.2, 0.25) is 0 Å². The molecule has 1 rings (SSSR count). The average molecular weight is 173 g/mol. The van der Waals surface area contributed by atoms with Crippen molar-refractivity contribution in [3.63, 3.8) is 0 Å². The fraction of sp³-hybridized carbons (Fsp3) is 0.714. The van der Waals surface area contributed by atoms with E-state index in [1.54, 1.807) is 0 Å². The Morgan fingerprint density at radius 1 is 1.25 bits per heavy atom. The highest BCUT2D eigenvalue weighted by Gasteiger charge is 2.42. The van der Waals surface area contributed by atoms with Crippen LogP contribution >= 0.6 is 0 Å². The SMILES string of the molecule is CNC1C(=O)OC(C)(C)OC1=O. The molecule has 12 heavy (non-hydrogen) atoms. The van der Waals surface area contributed by atoms with Crippen LogP contribution in [0.25, 0.3) is 0 Å². The van der Waals surface area contributed by atoms with Gasteiger partial charge in [-0.3, -0.25) is 5.32 Å². The Morgan fingerprint density at radius 3 is 2.00 bits per heavy atom. The maximum atomic E-state index is 11.1. The summed E-state index contributed by atoms with van der Waals surface area (Å²) in [6.45, 7) is 3.02. The molecule has 0 aromatic carbocycles. The van der Waals surface area contributed by atoms with Crippen molar-refractivity contribution in [2.75, 3.05) is 7.05 Å². The number of likely N-dealkylation sites (N-methyl/N-ethyl adjacent to an activating group) is 1. The van der Waals surface area contributed by atoms with Gasteiger partial charge in [-0.25, -0.2) is 9.59 Å². The maximum Gasteiger partial charge on any atom is 0.338 e. The molecule has 1 aliphatic rings. The minimum atomic E-state index is -1.14. The zero-order chi connectivity index (χ0) is 9.35. The number of ether oxygens (including phenoxy) is 2. The minimum absolute atomic E-state index is 0.598. The summed E-state index contributed by atoms with van der Waals surface area (Å²) in [5.74, 6) is -2.33. The first kappa shape index (κ1) is 8.99. The lowest BCUT2D eigenvalue weighted by atomic mass is 10.2. The van der Waals surface area contributed by atoms with Gasteiger partial charge in [-0.15, -0.1) is 0 Å². The topological polar surface area (TPSA) is 64.6 Å². The van der Waals surface area contributed by atoms with Crippen molar-refractivity contribution in [2.24, 2.45) is 0 Å². The van der Waals surface area contributed by atoms with Gasteiger partial charge in [0.1, 0.15) is 0 Å². The fourth-order valence-corrected chi connectivity index (χ4v) is 0.955. The van der Waals surface area contributed by atoms with Gasteiger partial charge in [-0.2, -0.15) is 0 Å². The van der Waals surface area contributed by atoms with Crippen molar-refractivity contribution < 1.29 is 19.1 Å². The molecular formula is C7H11NO4. The minimum Gasteiger partial charge on any atom is -0.421 e. The monoisotopic (exact) mass is 173 g/mol. The molecule has 0 amide bonds. The molecule has 1 fully saturated rings. The van der Waals surface area contributed by atoms with Gasteiger partial charge < -0.3 is 9.47 Å². The lowest BCUT2D eigenvalue weighted by Gasteiger charge is -2.32. The van der Waals surface area contributed by atoms with E-state index in [1.807, 2.05) is 0 Å². The number of carbonyl (C=O) groups is 2. The van der Waals surface area contributed by atoms with Gasteiger partial charge in [-0.05, 0) is 7.05 Å². The standard InChI is InChI=1S/C7H11NO4/c1-7(2)11-5(9)4(8-3)6(10)12-7/h4,8H,1-3H3. The predicted octanol–water partition coefficient (Wildman–Crippen LogP) is -0.590. The smallest absolute Gasteiger partial charge is 0.338 e. The molecule has 5 nitrogen and oxygen atoms in total. The van der Waals surface area contributed by atoms with E-state index in [-0.39, 0.29) is 0 Å². The van der Waals surface area contributed by atoms with E-state index >= 15 is 0 Å². The molecule has 0 aromatic heterocycles. The van der Waals surface area contributed by atoms with Crippen molar-refractivity contribution in [1.29, 1.82) is 0 Å². The summed E-state index contributed by atoms with van der Waals surface area (Å²) in [6.07, 6.45) is 0. The Balaban J connectivity index is 2.77. The Labute approximate surface area is 70.0 Å². The van der Waals surface area contributed by atoms with Gasteiger partial charge in [0.05, 0.1) is 0 Å². The Kier molecular flexibility index (Phi) is 2.06. The van der Waals surface area contributed by atoms with Crippen molar-refractivity contribution in [1.82, 2.24) is 5.32 Å². The van der Waals surface area contributed by atoms with E-state index in [9.17, 15) is 9.59 Å². The Hall–Kier alpha value is -1.10. The molecule has 0 bridgehead atoms. The number of carbonyl (C=O) groups excluding carboxylic acids is 2. The van der Waals surface area contributed by atoms with Crippen LogP contribution in [-0.4, -0.2) is 30.8 Å². The first-order valence-corrected chi connectivity index (χ1v) is 3.59. The molecule has 5 heteroatoms. The van der Waals surface area contributed by atoms with Crippen molar-refractivity contribution in [3.8, 4) is 0 Å². The van der Waals surface area contributed by atoms with Crippen LogP contribution in [0.3, 0.4) is 0 Å². The quantitative estimate of drug-likeness (QED) is 0.424. The molecule has 68 valence electrons. The summed E-state index contributed by atoms with van der Waals surface area (Å²) in [7, 11) is 1.49. The molecule has 0 saturated carbocycles. The third-order valence-corrected chi connectivity index (χ3v) is 1.45. The summed E-state index contributed by atoms with van der Waals surface area (Å²) >= 11 is 0. The fourth-order valence-electron chi connectivity index (χ4n) is 0.955. The second kappa shape index (κ2) is 2.75. The molecule has 1 saturated heterocycles. The number of esters is 2. The number of cyclic esters (lactones) is 2. The molecule has 0 aliphatic carbocycles. The van der Waals surface area contributed by atoms with Crippen LogP contribution < -0.4 is 5.32 Å². The summed E-state index contributed by atoms with van der Waals surface area (Å²) in [6, 6.07) is -0.988. The van der Waals surface area contributed by atoms with Gasteiger partial charge in [0.2, 0.25) is 6.04 Å². The lowest BCUT2D eigenvalue weighted by Crippen LogP contribution is -2.54. The second-order valence-corrected chi connectivity index (χ2v) is 2.96. The van der Waals surface area contributed by atoms with E-state index in [0.29, 0.717) is 0 Å². The van der Waals surface area contributed by atoms with Crippen molar-refractivity contribution >= 4 is 11.9 Å². The number of nitrogens with one attached hydrogen (secondary N) is 1. The van der Waals surface area contributed by atoms with Crippen LogP contribution in [0, 0.1) is 0 Å². The number of rotatable bonds is 1. The molecule has 1 N–H and O–H groups in total. The highest BCUT2D eigenvalue weighted by atomic mass is 16.7. The van der Waals surface area contributed by atoms with Crippen molar-refractivity contribution in [2.45, 2.75) is 25.7 Å². The first-order valence-electron chi connectivity index (χ1n) is 3.59. The highest BCUT2D eigenvalue weighted by molar-refractivity contribution is 6.00. The average Bonchev–Trinajstić information content (AvgIpc) is 1.82. The van der Waals surface area contributed by atoms with Gasteiger partial charge in [0.25, 0.3) is 5.79 Å². The zero-order valence-corrected chi connectivity index (χ0v) is 7.21. The Morgan fingerprint density at radius 2 is 1.67 bits per heavy atom. The summed E-state index contributed by atoms with van der Waals surface area (Å²) in [5, 5.41) is 2.49. The van der Waals surface area contributed by atoms with Gasteiger partial charge in [0.15, 0.2) is 0 Å². The van der Waals surface area contributed by atoms with E-state index in [2.05, 4.69) is 5.32 Å². The predicted molar refractivity (Wildman–Crippen MR) is 39.1 cm³/mol. The summed E-state index contributed by atoms with van der Waals surface area (Å²) < 4.78 is 9.61. The number of hydrogen-bond acceptors (Lipinski definition) is 5. The normalized spacial score (nSPS) is 23.2. The van der Waals surface area contributed by atoms with E-state index in [4.69, 9.17) is 9.47 Å². The molecule has 0 unspecified atom stereocenters. The molecule has 1 heterocycles. The molecule has 0 atom stereocenters. The lowest BCUT2D eigenvalue weighted by molar-refractivity contribution is -0.235. The van der Waals surface area contributed by atoms with Crippen molar-refractivity contribution in [3.05, 3.63) is 0 Å². The van der Waals surface area contributed by atoms with Crippen LogP contribution in [0.4, 0.5) is 0 Å². The van der Waals surface area contributed by atoms with Gasteiger partial charge in [-0.1, -0.05) is 0 Å². The second-order valence-electron chi connectivity index (χ2n) is 2.96. The van der Waals surface area contributed by atoms with Crippen LogP contribution in [0.15, 0.2) is 0 Å². The zero-order valence-electron chi connectivity index (χ0n) is 7.21. The Bertz CT molecular complexity index is 203. The molecule has 0 aromatic rings. The maximum absolute atomic E-state index is 11.1. The van der Waals surface area contributed by atoms with Crippen LogP contribution in [0.5, 0.6) is 0 Å². The molecule has 0 spiro atoms. The first-order chi connectivity index (χ1) is 5.46. The van der Waals surface area contributed by atoms with Gasteiger partial charge >= 0.3 is 11.9 Å².